The molecule has 4 rings (SSSR count). The van der Waals surface area contributed by atoms with Gasteiger partial charge in [0.1, 0.15) is 11.9 Å². The van der Waals surface area contributed by atoms with Crippen LogP contribution < -0.4 is 10.6 Å². The maximum absolute atomic E-state index is 13.8. The largest absolute Gasteiger partial charge is 0.360 e. The number of likely N-dealkylation sites (tertiary alicyclic amines) is 1. The topological polar surface area (TPSA) is 97.5 Å². The predicted octanol–water partition coefficient (Wildman–Crippen LogP) is 2.23. The van der Waals surface area contributed by atoms with Crippen molar-refractivity contribution in [1.82, 2.24) is 25.4 Å². The quantitative estimate of drug-likeness (QED) is 0.604. The normalized spacial score (nSPS) is 21.6. The number of amides is 3. The summed E-state index contributed by atoms with van der Waals surface area (Å²) in [4.78, 5) is 45.4. The second kappa shape index (κ2) is 9.21. The summed E-state index contributed by atoms with van der Waals surface area (Å²) in [7, 11) is 1.69. The zero-order chi connectivity index (χ0) is 24.7. The molecule has 0 spiro atoms. The highest BCUT2D eigenvalue weighted by Gasteiger charge is 2.49. The van der Waals surface area contributed by atoms with Gasteiger partial charge in [-0.25, -0.2) is 4.39 Å². The molecule has 34 heavy (non-hydrogen) atoms. The summed E-state index contributed by atoms with van der Waals surface area (Å²) in [5.41, 5.74) is 2.32. The van der Waals surface area contributed by atoms with Crippen LogP contribution >= 0.6 is 0 Å². The maximum Gasteiger partial charge on any atom is 0.246 e. The number of rotatable bonds is 6. The highest BCUT2D eigenvalue weighted by Crippen LogP contribution is 2.42. The number of hydrogen-bond donors (Lipinski definition) is 3. The molecule has 3 heterocycles. The van der Waals surface area contributed by atoms with E-state index in [2.05, 4.69) is 15.6 Å². The molecule has 0 saturated carbocycles. The molecule has 9 heteroatoms. The summed E-state index contributed by atoms with van der Waals surface area (Å²) in [6.45, 7) is 7.55. The third kappa shape index (κ3) is 4.09. The minimum absolute atomic E-state index is 0.0956. The van der Waals surface area contributed by atoms with E-state index < -0.39 is 12.1 Å². The fourth-order valence-electron chi connectivity index (χ4n) is 5.00. The van der Waals surface area contributed by atoms with E-state index in [4.69, 9.17) is 0 Å². The first-order valence-corrected chi connectivity index (χ1v) is 11.7. The fourth-order valence-corrected chi connectivity index (χ4v) is 5.00. The molecular weight excluding hydrogens is 437 g/mol. The SMILES string of the molecule is CNC(C)C(=O)NC(C(=O)N1CCC2C1C(c1c[nH]c3cc(F)ccc13)=CN2C(C)=O)C(C)C. The fraction of sp³-hybridized carbons (Fsp3) is 0.480. The van der Waals surface area contributed by atoms with E-state index >= 15 is 0 Å². The molecule has 1 aromatic heterocycles. The van der Waals surface area contributed by atoms with Crippen molar-refractivity contribution < 1.29 is 18.8 Å². The van der Waals surface area contributed by atoms with Crippen LogP contribution in [0.5, 0.6) is 0 Å². The standard InChI is InChI=1S/C25H32FN5O3/c1-13(2)22(29-24(33)14(3)27-5)25(34)30-9-8-21-23(30)19(12-31(21)15(4)32)18-11-28-20-10-16(26)6-7-17(18)20/h6-7,10-14,21-23,27-28H,8-9H2,1-5H3,(H,29,33). The number of carbonyl (C=O) groups excluding carboxylic acids is 3. The molecule has 2 aromatic rings. The molecule has 1 fully saturated rings. The van der Waals surface area contributed by atoms with Crippen LogP contribution in [0.25, 0.3) is 16.5 Å². The van der Waals surface area contributed by atoms with Crippen molar-refractivity contribution in [2.24, 2.45) is 5.92 Å². The first-order valence-electron chi connectivity index (χ1n) is 11.7. The third-order valence-corrected chi connectivity index (χ3v) is 6.98. The van der Waals surface area contributed by atoms with Gasteiger partial charge in [0.05, 0.1) is 18.1 Å². The van der Waals surface area contributed by atoms with Gasteiger partial charge in [0.2, 0.25) is 17.7 Å². The highest BCUT2D eigenvalue weighted by molar-refractivity contribution is 5.98. The maximum atomic E-state index is 13.8. The molecule has 4 atom stereocenters. The molecule has 2 aliphatic rings. The Labute approximate surface area is 198 Å². The lowest BCUT2D eigenvalue weighted by Gasteiger charge is -2.32. The van der Waals surface area contributed by atoms with Gasteiger partial charge in [0.25, 0.3) is 0 Å². The van der Waals surface area contributed by atoms with Gasteiger partial charge in [-0.1, -0.05) is 13.8 Å². The van der Waals surface area contributed by atoms with Crippen LogP contribution in [0.1, 0.15) is 39.7 Å². The number of H-pyrrole nitrogens is 1. The number of aromatic nitrogens is 1. The Morgan fingerprint density at radius 2 is 1.94 bits per heavy atom. The molecule has 3 N–H and O–H groups in total. The van der Waals surface area contributed by atoms with Crippen molar-refractivity contribution in [3.05, 3.63) is 42.0 Å². The van der Waals surface area contributed by atoms with E-state index in [1.54, 1.807) is 36.0 Å². The minimum Gasteiger partial charge on any atom is -0.360 e. The lowest BCUT2D eigenvalue weighted by atomic mass is 9.95. The van der Waals surface area contributed by atoms with Crippen LogP contribution in [0.2, 0.25) is 0 Å². The van der Waals surface area contributed by atoms with Crippen molar-refractivity contribution in [3.63, 3.8) is 0 Å². The zero-order valence-corrected chi connectivity index (χ0v) is 20.2. The molecule has 0 bridgehead atoms. The second-order valence-electron chi connectivity index (χ2n) is 9.48. The lowest BCUT2D eigenvalue weighted by molar-refractivity contribution is -0.138. The number of nitrogens with zero attached hydrogens (tertiary/aromatic N) is 2. The molecular formula is C25H32FN5O3. The minimum atomic E-state index is -0.688. The van der Waals surface area contributed by atoms with E-state index in [1.807, 2.05) is 20.0 Å². The average Bonchev–Trinajstić information content (AvgIpc) is 3.49. The van der Waals surface area contributed by atoms with Crippen LogP contribution in [0.15, 0.2) is 30.6 Å². The summed E-state index contributed by atoms with van der Waals surface area (Å²) in [5, 5.41) is 6.63. The van der Waals surface area contributed by atoms with E-state index in [0.29, 0.717) is 18.5 Å². The number of halogens is 1. The van der Waals surface area contributed by atoms with Gasteiger partial charge < -0.3 is 25.4 Å². The first-order chi connectivity index (χ1) is 16.1. The summed E-state index contributed by atoms with van der Waals surface area (Å²) >= 11 is 0. The van der Waals surface area contributed by atoms with Crippen LogP contribution in [0.4, 0.5) is 4.39 Å². The summed E-state index contributed by atoms with van der Waals surface area (Å²) in [6.07, 6.45) is 4.25. The number of hydrogen-bond acceptors (Lipinski definition) is 4. The van der Waals surface area contributed by atoms with E-state index in [0.717, 1.165) is 16.5 Å². The van der Waals surface area contributed by atoms with Crippen LogP contribution in [0.3, 0.4) is 0 Å². The van der Waals surface area contributed by atoms with Crippen LogP contribution in [-0.4, -0.2) is 70.3 Å². The second-order valence-corrected chi connectivity index (χ2v) is 9.48. The zero-order valence-electron chi connectivity index (χ0n) is 20.2. The molecule has 3 amide bonds. The number of benzene rings is 1. The summed E-state index contributed by atoms with van der Waals surface area (Å²) in [6, 6.07) is 2.90. The van der Waals surface area contributed by atoms with Gasteiger partial charge in [-0.15, -0.1) is 0 Å². The third-order valence-electron chi connectivity index (χ3n) is 6.98. The van der Waals surface area contributed by atoms with Gasteiger partial charge in [-0.3, -0.25) is 14.4 Å². The molecule has 8 nitrogen and oxygen atoms in total. The molecule has 0 aliphatic carbocycles. The smallest absolute Gasteiger partial charge is 0.246 e. The van der Waals surface area contributed by atoms with Gasteiger partial charge >= 0.3 is 0 Å². The molecule has 182 valence electrons. The molecule has 1 aromatic carbocycles. The Bertz CT molecular complexity index is 1160. The van der Waals surface area contributed by atoms with Crippen LogP contribution in [0, 0.1) is 11.7 Å². The van der Waals surface area contributed by atoms with Gasteiger partial charge in [-0.2, -0.15) is 0 Å². The number of carbonyl (C=O) groups is 3. The van der Waals surface area contributed by atoms with E-state index in [1.165, 1.54) is 19.1 Å². The Hall–Kier alpha value is -3.20. The predicted molar refractivity (Wildman–Crippen MR) is 128 cm³/mol. The summed E-state index contributed by atoms with van der Waals surface area (Å²) < 4.78 is 13.7. The number of aromatic amines is 1. The average molecular weight is 470 g/mol. The Balaban J connectivity index is 1.70. The van der Waals surface area contributed by atoms with Crippen molar-refractivity contribution in [3.8, 4) is 0 Å². The van der Waals surface area contributed by atoms with Crippen molar-refractivity contribution >= 4 is 34.2 Å². The first kappa shape index (κ1) is 23.9. The number of likely N-dealkylation sites (N-methyl/N-ethyl adjacent to an activating group) is 1. The van der Waals surface area contributed by atoms with E-state index in [-0.39, 0.29) is 41.5 Å². The lowest BCUT2D eigenvalue weighted by Crippen LogP contribution is -2.56. The Morgan fingerprint density at radius 3 is 2.59 bits per heavy atom. The Morgan fingerprint density at radius 1 is 1.21 bits per heavy atom. The van der Waals surface area contributed by atoms with Crippen molar-refractivity contribution in [1.29, 1.82) is 0 Å². The summed E-state index contributed by atoms with van der Waals surface area (Å²) in [5.74, 6) is -0.957. The van der Waals surface area contributed by atoms with Gasteiger partial charge in [0, 0.05) is 47.9 Å². The molecule has 2 aliphatic heterocycles. The van der Waals surface area contributed by atoms with Gasteiger partial charge in [-0.05, 0) is 44.5 Å². The highest BCUT2D eigenvalue weighted by atomic mass is 19.1. The molecule has 0 radical (unpaired) electrons. The van der Waals surface area contributed by atoms with E-state index in [9.17, 15) is 18.8 Å². The van der Waals surface area contributed by atoms with Crippen molar-refractivity contribution in [2.75, 3.05) is 13.6 Å². The number of nitrogens with one attached hydrogen (secondary N) is 3. The molecule has 4 unspecified atom stereocenters. The van der Waals surface area contributed by atoms with Crippen molar-refractivity contribution in [2.45, 2.75) is 58.3 Å². The Kier molecular flexibility index (Phi) is 6.49. The molecule has 1 saturated heterocycles. The van der Waals surface area contributed by atoms with Gasteiger partial charge in [0.15, 0.2) is 0 Å². The monoisotopic (exact) mass is 469 g/mol. The van der Waals surface area contributed by atoms with Crippen LogP contribution in [-0.2, 0) is 14.4 Å². The number of fused-ring (bicyclic) bond motifs is 2.